The van der Waals surface area contributed by atoms with Crippen molar-refractivity contribution in [3.05, 3.63) is 59.1 Å². The summed E-state index contributed by atoms with van der Waals surface area (Å²) in [6.07, 6.45) is 0.865. The van der Waals surface area contributed by atoms with Crippen molar-refractivity contribution in [1.82, 2.24) is 4.57 Å². The Kier molecular flexibility index (Phi) is 4.62. The van der Waals surface area contributed by atoms with E-state index >= 15 is 0 Å². The molecule has 0 spiro atoms. The summed E-state index contributed by atoms with van der Waals surface area (Å²) in [5, 5.41) is 19.4. The van der Waals surface area contributed by atoms with E-state index in [1.165, 1.54) is 6.07 Å². The molecule has 0 unspecified atom stereocenters. The van der Waals surface area contributed by atoms with Gasteiger partial charge in [0.15, 0.2) is 5.69 Å². The largest absolute Gasteiger partial charge is 0.493 e. The molecule has 1 heterocycles. The minimum atomic E-state index is -0.510. The van der Waals surface area contributed by atoms with Crippen LogP contribution in [0.3, 0.4) is 0 Å². The Bertz CT molecular complexity index is 931. The molecule has 0 bridgehead atoms. The number of aromatic hydroxyl groups is 1. The molecule has 0 aliphatic rings. The summed E-state index contributed by atoms with van der Waals surface area (Å²) >= 11 is 5.88. The standard InChI is InChI=1S/C18H16ClN3O2/c1-2-10-22-15-9-4-3-8-14(15)16(18(22)24)20-21-17(23)12-6-5-7-13(19)11-12/h3-9,11,24H,2,10H2,1H3. The van der Waals surface area contributed by atoms with Crippen molar-refractivity contribution in [2.45, 2.75) is 19.9 Å². The summed E-state index contributed by atoms with van der Waals surface area (Å²) in [5.41, 5.74) is 1.51. The van der Waals surface area contributed by atoms with Crippen LogP contribution in [-0.2, 0) is 6.54 Å². The van der Waals surface area contributed by atoms with Gasteiger partial charge in [-0.3, -0.25) is 4.79 Å². The van der Waals surface area contributed by atoms with Gasteiger partial charge >= 0.3 is 0 Å². The first-order valence-electron chi connectivity index (χ1n) is 7.63. The van der Waals surface area contributed by atoms with Crippen LogP contribution in [0.4, 0.5) is 5.69 Å². The third kappa shape index (κ3) is 3.03. The fourth-order valence-corrected chi connectivity index (χ4v) is 2.79. The zero-order valence-corrected chi connectivity index (χ0v) is 13.9. The van der Waals surface area contributed by atoms with Gasteiger partial charge in [0.2, 0.25) is 5.88 Å². The first-order valence-corrected chi connectivity index (χ1v) is 8.01. The lowest BCUT2D eigenvalue weighted by Crippen LogP contribution is -1.94. The van der Waals surface area contributed by atoms with Gasteiger partial charge in [-0.25, -0.2) is 0 Å². The fourth-order valence-electron chi connectivity index (χ4n) is 2.59. The summed E-state index contributed by atoms with van der Waals surface area (Å²) in [7, 11) is 0. The fraction of sp³-hybridized carbons (Fsp3) is 0.167. The maximum atomic E-state index is 12.1. The Balaban J connectivity index is 2.01. The highest BCUT2D eigenvalue weighted by molar-refractivity contribution is 6.30. The molecule has 0 saturated carbocycles. The first kappa shape index (κ1) is 16.2. The van der Waals surface area contributed by atoms with Gasteiger partial charge in [-0.05, 0) is 30.7 Å². The van der Waals surface area contributed by atoms with Crippen LogP contribution in [0.25, 0.3) is 10.9 Å². The van der Waals surface area contributed by atoms with Crippen molar-refractivity contribution in [1.29, 1.82) is 0 Å². The molecule has 0 aliphatic carbocycles. The molecule has 0 aliphatic heterocycles. The number of azo groups is 1. The van der Waals surface area contributed by atoms with E-state index in [0.717, 1.165) is 17.3 Å². The lowest BCUT2D eigenvalue weighted by atomic mass is 10.2. The molecule has 0 saturated heterocycles. The van der Waals surface area contributed by atoms with Crippen molar-refractivity contribution in [3.8, 4) is 5.88 Å². The average molecular weight is 342 g/mol. The second-order valence-corrected chi connectivity index (χ2v) is 5.79. The van der Waals surface area contributed by atoms with E-state index in [1.807, 2.05) is 31.2 Å². The molecule has 3 aromatic rings. The number of hydrogen-bond acceptors (Lipinski definition) is 3. The van der Waals surface area contributed by atoms with Gasteiger partial charge in [-0.1, -0.05) is 42.8 Å². The van der Waals surface area contributed by atoms with E-state index in [1.54, 1.807) is 22.8 Å². The normalized spacial score (nSPS) is 11.4. The number of halogens is 1. The number of benzene rings is 2. The predicted octanol–water partition coefficient (Wildman–Crippen LogP) is 5.33. The van der Waals surface area contributed by atoms with Crippen LogP contribution >= 0.6 is 11.6 Å². The van der Waals surface area contributed by atoms with E-state index in [4.69, 9.17) is 11.6 Å². The van der Waals surface area contributed by atoms with Crippen LogP contribution in [0.2, 0.25) is 5.02 Å². The van der Waals surface area contributed by atoms with Crippen LogP contribution in [0, 0.1) is 0 Å². The maximum absolute atomic E-state index is 12.1. The SMILES string of the molecule is CCCn1c(O)c(N=NC(=O)c2cccc(Cl)c2)c2ccccc21. The maximum Gasteiger partial charge on any atom is 0.295 e. The highest BCUT2D eigenvalue weighted by Gasteiger charge is 2.16. The molecule has 0 radical (unpaired) electrons. The second-order valence-electron chi connectivity index (χ2n) is 5.36. The van der Waals surface area contributed by atoms with Gasteiger partial charge in [0.1, 0.15) is 0 Å². The molecule has 2 aromatic carbocycles. The highest BCUT2D eigenvalue weighted by Crippen LogP contribution is 2.38. The molecule has 1 amide bonds. The third-order valence-electron chi connectivity index (χ3n) is 3.68. The van der Waals surface area contributed by atoms with Gasteiger partial charge < -0.3 is 9.67 Å². The Hall–Kier alpha value is -2.66. The van der Waals surface area contributed by atoms with Crippen LogP contribution in [0.15, 0.2) is 58.8 Å². The monoisotopic (exact) mass is 341 g/mol. The Morgan fingerprint density at radius 3 is 2.75 bits per heavy atom. The van der Waals surface area contributed by atoms with Gasteiger partial charge in [-0.15, -0.1) is 10.2 Å². The zero-order valence-electron chi connectivity index (χ0n) is 13.1. The molecule has 6 heteroatoms. The molecule has 24 heavy (non-hydrogen) atoms. The van der Waals surface area contributed by atoms with Crippen LogP contribution in [-0.4, -0.2) is 15.6 Å². The number of carbonyl (C=O) groups is 1. The molecule has 0 atom stereocenters. The molecule has 1 aromatic heterocycles. The lowest BCUT2D eigenvalue weighted by molar-refractivity contribution is 0.0995. The quantitative estimate of drug-likeness (QED) is 0.651. The molecule has 5 nitrogen and oxygen atoms in total. The molecule has 122 valence electrons. The van der Waals surface area contributed by atoms with Crippen molar-refractivity contribution in [3.63, 3.8) is 0 Å². The smallest absolute Gasteiger partial charge is 0.295 e. The number of para-hydroxylation sites is 1. The van der Waals surface area contributed by atoms with Crippen LogP contribution < -0.4 is 0 Å². The van der Waals surface area contributed by atoms with Gasteiger partial charge in [-0.2, -0.15) is 0 Å². The summed E-state index contributed by atoms with van der Waals surface area (Å²) in [6.45, 7) is 2.68. The van der Waals surface area contributed by atoms with E-state index in [-0.39, 0.29) is 5.88 Å². The van der Waals surface area contributed by atoms with Crippen molar-refractivity contribution in [2.24, 2.45) is 10.2 Å². The Morgan fingerprint density at radius 2 is 2.00 bits per heavy atom. The number of rotatable bonds is 4. The number of carbonyl (C=O) groups excluding carboxylic acids is 1. The minimum absolute atomic E-state index is 0.0145. The van der Waals surface area contributed by atoms with E-state index < -0.39 is 5.91 Å². The number of aryl methyl sites for hydroxylation is 1. The van der Waals surface area contributed by atoms with Crippen LogP contribution in [0.1, 0.15) is 23.7 Å². The van der Waals surface area contributed by atoms with Crippen LogP contribution in [0.5, 0.6) is 5.88 Å². The Morgan fingerprint density at radius 1 is 1.21 bits per heavy atom. The summed E-state index contributed by atoms with van der Waals surface area (Å²) < 4.78 is 1.77. The number of hydrogen-bond donors (Lipinski definition) is 1. The second kappa shape index (κ2) is 6.84. The van der Waals surface area contributed by atoms with E-state index in [2.05, 4.69) is 10.2 Å². The minimum Gasteiger partial charge on any atom is -0.493 e. The lowest BCUT2D eigenvalue weighted by Gasteiger charge is -2.03. The third-order valence-corrected chi connectivity index (χ3v) is 3.91. The van der Waals surface area contributed by atoms with Gasteiger partial charge in [0.25, 0.3) is 5.91 Å². The highest BCUT2D eigenvalue weighted by atomic mass is 35.5. The topological polar surface area (TPSA) is 66.9 Å². The number of amides is 1. The molecular formula is C18H16ClN3O2. The predicted molar refractivity (Wildman–Crippen MR) is 94.2 cm³/mol. The number of fused-ring (bicyclic) bond motifs is 1. The average Bonchev–Trinajstić information content (AvgIpc) is 2.85. The van der Waals surface area contributed by atoms with E-state index in [0.29, 0.717) is 22.8 Å². The molecule has 0 fully saturated rings. The van der Waals surface area contributed by atoms with Gasteiger partial charge in [0, 0.05) is 22.5 Å². The Labute approximate surface area is 144 Å². The molecule has 1 N–H and O–H groups in total. The summed E-state index contributed by atoms with van der Waals surface area (Å²) in [5.74, 6) is -0.495. The number of nitrogens with zero attached hydrogens (tertiary/aromatic N) is 3. The van der Waals surface area contributed by atoms with Gasteiger partial charge in [0.05, 0.1) is 5.52 Å². The van der Waals surface area contributed by atoms with E-state index in [9.17, 15) is 9.90 Å². The molecular weight excluding hydrogens is 326 g/mol. The first-order chi connectivity index (χ1) is 11.6. The van der Waals surface area contributed by atoms with Crippen molar-refractivity contribution >= 4 is 34.1 Å². The summed E-state index contributed by atoms with van der Waals surface area (Å²) in [4.78, 5) is 12.1. The summed E-state index contributed by atoms with van der Waals surface area (Å²) in [6, 6.07) is 14.0. The van der Waals surface area contributed by atoms with Crippen molar-refractivity contribution in [2.75, 3.05) is 0 Å². The van der Waals surface area contributed by atoms with Crippen molar-refractivity contribution < 1.29 is 9.90 Å². The zero-order chi connectivity index (χ0) is 17.1. The number of aromatic nitrogens is 1. The molecule has 3 rings (SSSR count).